The predicted molar refractivity (Wildman–Crippen MR) is 157 cm³/mol. The Kier molecular flexibility index (Phi) is 10.2. The fourth-order valence-corrected chi connectivity index (χ4v) is 3.57. The number of carbonyl (C=O) groups is 4. The average Bonchev–Trinajstić information content (AvgIpc) is 3.04. The van der Waals surface area contributed by atoms with Crippen molar-refractivity contribution >= 4 is 23.7 Å². The predicted octanol–water partition coefficient (Wildman–Crippen LogP) is 5.99. The summed E-state index contributed by atoms with van der Waals surface area (Å²) in [5.74, 6) is -0.344. The summed E-state index contributed by atoms with van der Waals surface area (Å²) in [6, 6.07) is 26.4. The monoisotopic (exact) mass is 578 g/mol. The van der Waals surface area contributed by atoms with E-state index in [1.807, 2.05) is 0 Å². The van der Waals surface area contributed by atoms with Gasteiger partial charge in [-0.3, -0.25) is 4.79 Å². The molecule has 0 heterocycles. The third kappa shape index (κ3) is 8.76. The number of ketones is 1. The summed E-state index contributed by atoms with van der Waals surface area (Å²) >= 11 is 0. The zero-order valence-electron chi connectivity index (χ0n) is 22.9. The maximum absolute atomic E-state index is 12.5. The molecule has 0 saturated heterocycles. The van der Waals surface area contributed by atoms with Gasteiger partial charge in [0.15, 0.2) is 12.4 Å². The molecular weight excluding hydrogens is 552 g/mol. The van der Waals surface area contributed by atoms with Crippen molar-refractivity contribution in [2.24, 2.45) is 0 Å². The molecule has 9 nitrogen and oxygen atoms in total. The van der Waals surface area contributed by atoms with Gasteiger partial charge in [-0.1, -0.05) is 37.4 Å². The van der Waals surface area contributed by atoms with Crippen molar-refractivity contribution < 1.29 is 42.9 Å². The normalized spacial score (nSPS) is 10.1. The number of esters is 3. The lowest BCUT2D eigenvalue weighted by atomic mass is 10.1. The van der Waals surface area contributed by atoms with Crippen LogP contribution in [0.5, 0.6) is 23.0 Å². The van der Waals surface area contributed by atoms with E-state index in [0.29, 0.717) is 34.1 Å². The summed E-state index contributed by atoms with van der Waals surface area (Å²) < 4.78 is 26.2. The van der Waals surface area contributed by atoms with Crippen LogP contribution in [-0.4, -0.2) is 37.1 Å². The molecule has 216 valence electrons. The average molecular weight is 579 g/mol. The van der Waals surface area contributed by atoms with Crippen LogP contribution in [0.4, 0.5) is 0 Å². The summed E-state index contributed by atoms with van der Waals surface area (Å²) in [6.07, 6.45) is 2.21. The first-order chi connectivity index (χ1) is 20.8. The molecule has 0 unspecified atom stereocenters. The first kappa shape index (κ1) is 30.0. The van der Waals surface area contributed by atoms with Crippen LogP contribution in [0.2, 0.25) is 0 Å². The standard InChI is InChI=1S/C34H26O9/c1-3-27(35)21-39-28-13-9-25(10-14-28)33(37)42-30-17-5-23(6-18-30)24-7-19-31(20-8-24)43-34(38)26-11-15-29(16-12-26)40-22-41-32(36)4-2/h3-20H,1-2,21-22H2. The van der Waals surface area contributed by atoms with E-state index in [2.05, 4.69) is 13.2 Å². The lowest BCUT2D eigenvalue weighted by Gasteiger charge is -2.09. The van der Waals surface area contributed by atoms with E-state index in [-0.39, 0.29) is 19.2 Å². The third-order valence-electron chi connectivity index (χ3n) is 5.85. The Morgan fingerprint density at radius 1 is 0.535 bits per heavy atom. The van der Waals surface area contributed by atoms with E-state index >= 15 is 0 Å². The lowest BCUT2D eigenvalue weighted by molar-refractivity contribution is -0.144. The number of benzene rings is 4. The van der Waals surface area contributed by atoms with Crippen molar-refractivity contribution in [1.29, 1.82) is 0 Å². The number of ether oxygens (including phenoxy) is 5. The Bertz CT molecular complexity index is 1600. The zero-order valence-corrected chi connectivity index (χ0v) is 22.9. The Balaban J connectivity index is 1.28. The summed E-state index contributed by atoms with van der Waals surface area (Å²) in [5, 5.41) is 0. The molecular formula is C34H26O9. The van der Waals surface area contributed by atoms with Crippen LogP contribution in [0, 0.1) is 0 Å². The Labute approximate surface area is 247 Å². The minimum Gasteiger partial charge on any atom is -0.485 e. The van der Waals surface area contributed by atoms with Crippen LogP contribution in [0.1, 0.15) is 20.7 Å². The minimum atomic E-state index is -0.601. The topological polar surface area (TPSA) is 114 Å². The minimum absolute atomic E-state index is 0.127. The molecule has 0 amide bonds. The molecule has 0 atom stereocenters. The molecule has 0 spiro atoms. The molecule has 0 radical (unpaired) electrons. The highest BCUT2D eigenvalue weighted by Crippen LogP contribution is 2.26. The lowest BCUT2D eigenvalue weighted by Crippen LogP contribution is -2.10. The van der Waals surface area contributed by atoms with E-state index in [4.69, 9.17) is 23.7 Å². The fourth-order valence-electron chi connectivity index (χ4n) is 3.57. The van der Waals surface area contributed by atoms with Crippen LogP contribution >= 0.6 is 0 Å². The smallest absolute Gasteiger partial charge is 0.343 e. The molecule has 0 N–H and O–H groups in total. The molecule has 0 aliphatic rings. The van der Waals surface area contributed by atoms with E-state index in [0.717, 1.165) is 17.2 Å². The number of hydrogen-bond acceptors (Lipinski definition) is 9. The highest BCUT2D eigenvalue weighted by atomic mass is 16.7. The van der Waals surface area contributed by atoms with Crippen LogP contribution in [0.25, 0.3) is 11.1 Å². The van der Waals surface area contributed by atoms with Crippen molar-refractivity contribution in [2.45, 2.75) is 0 Å². The van der Waals surface area contributed by atoms with E-state index in [1.54, 1.807) is 84.9 Å². The van der Waals surface area contributed by atoms with Crippen molar-refractivity contribution in [1.82, 2.24) is 0 Å². The highest BCUT2D eigenvalue weighted by Gasteiger charge is 2.11. The number of rotatable bonds is 13. The second-order valence-electron chi connectivity index (χ2n) is 8.77. The molecule has 9 heteroatoms. The molecule has 4 aromatic rings. The van der Waals surface area contributed by atoms with Gasteiger partial charge in [0.2, 0.25) is 6.79 Å². The molecule has 0 aliphatic carbocycles. The van der Waals surface area contributed by atoms with E-state index < -0.39 is 17.9 Å². The third-order valence-corrected chi connectivity index (χ3v) is 5.85. The quantitative estimate of drug-likeness (QED) is 0.0816. The zero-order chi connectivity index (χ0) is 30.6. The molecule has 4 rings (SSSR count). The number of hydrogen-bond donors (Lipinski definition) is 0. The van der Waals surface area contributed by atoms with Crippen molar-refractivity contribution in [3.63, 3.8) is 0 Å². The summed E-state index contributed by atoms with van der Waals surface area (Å²) in [5.41, 5.74) is 2.37. The second kappa shape index (κ2) is 14.6. The van der Waals surface area contributed by atoms with E-state index in [9.17, 15) is 19.2 Å². The van der Waals surface area contributed by atoms with Gasteiger partial charge in [-0.15, -0.1) is 0 Å². The van der Waals surface area contributed by atoms with Crippen molar-refractivity contribution in [2.75, 3.05) is 13.4 Å². The second-order valence-corrected chi connectivity index (χ2v) is 8.77. The molecule has 0 fully saturated rings. The highest BCUT2D eigenvalue weighted by molar-refractivity contribution is 5.92. The molecule has 4 aromatic carbocycles. The van der Waals surface area contributed by atoms with Gasteiger partial charge < -0.3 is 23.7 Å². The Hall–Kier alpha value is -5.96. The van der Waals surface area contributed by atoms with Gasteiger partial charge in [-0.25, -0.2) is 14.4 Å². The van der Waals surface area contributed by atoms with Gasteiger partial charge >= 0.3 is 17.9 Å². The Morgan fingerprint density at radius 3 is 1.37 bits per heavy atom. The van der Waals surface area contributed by atoms with Gasteiger partial charge in [0, 0.05) is 6.08 Å². The largest absolute Gasteiger partial charge is 0.485 e. The van der Waals surface area contributed by atoms with Crippen LogP contribution < -0.4 is 18.9 Å². The molecule has 0 aromatic heterocycles. The van der Waals surface area contributed by atoms with Crippen molar-refractivity contribution in [3.05, 3.63) is 133 Å². The SMILES string of the molecule is C=CC(=O)COc1ccc(C(=O)Oc2ccc(-c3ccc(OC(=O)c4ccc(OCOC(=O)C=C)cc4)cc3)cc2)cc1. The van der Waals surface area contributed by atoms with Gasteiger partial charge in [0.25, 0.3) is 0 Å². The molecule has 0 bridgehead atoms. The molecule has 0 saturated carbocycles. The van der Waals surface area contributed by atoms with Crippen LogP contribution in [-0.2, 0) is 14.3 Å². The molecule has 43 heavy (non-hydrogen) atoms. The maximum Gasteiger partial charge on any atom is 0.343 e. The van der Waals surface area contributed by atoms with Crippen molar-refractivity contribution in [3.8, 4) is 34.1 Å². The summed E-state index contributed by atoms with van der Waals surface area (Å²) in [7, 11) is 0. The summed E-state index contributed by atoms with van der Waals surface area (Å²) in [4.78, 5) is 47.4. The number of carbonyl (C=O) groups excluding carboxylic acids is 4. The van der Waals surface area contributed by atoms with Gasteiger partial charge in [0.1, 0.15) is 23.0 Å². The fraction of sp³-hybridized carbons (Fsp3) is 0.0588. The van der Waals surface area contributed by atoms with Gasteiger partial charge in [-0.05, 0) is 90.0 Å². The first-order valence-corrected chi connectivity index (χ1v) is 12.9. The van der Waals surface area contributed by atoms with E-state index in [1.165, 1.54) is 18.2 Å². The maximum atomic E-state index is 12.5. The van der Waals surface area contributed by atoms with Gasteiger partial charge in [0.05, 0.1) is 11.1 Å². The van der Waals surface area contributed by atoms with Crippen LogP contribution in [0.15, 0.2) is 122 Å². The first-order valence-electron chi connectivity index (χ1n) is 12.9. The van der Waals surface area contributed by atoms with Gasteiger partial charge in [-0.2, -0.15) is 0 Å². The Morgan fingerprint density at radius 2 is 0.953 bits per heavy atom. The molecule has 0 aliphatic heterocycles. The van der Waals surface area contributed by atoms with Crippen LogP contribution in [0.3, 0.4) is 0 Å². The summed E-state index contributed by atoms with van der Waals surface area (Å²) in [6.45, 7) is 6.28.